The van der Waals surface area contributed by atoms with Gasteiger partial charge in [-0.25, -0.2) is 5.53 Å². The van der Waals surface area contributed by atoms with Crippen molar-refractivity contribution in [2.24, 2.45) is 5.11 Å². The van der Waals surface area contributed by atoms with E-state index in [0.717, 1.165) is 22.0 Å². The highest BCUT2D eigenvalue weighted by atomic mass is 16.3. The van der Waals surface area contributed by atoms with Gasteiger partial charge in [0.15, 0.2) is 5.69 Å². The predicted molar refractivity (Wildman–Crippen MR) is 68.0 cm³/mol. The van der Waals surface area contributed by atoms with Gasteiger partial charge in [0, 0.05) is 17.8 Å². The Morgan fingerprint density at radius 1 is 1.11 bits per heavy atom. The number of pyridine rings is 1. The average Bonchev–Trinajstić information content (AvgIpc) is 2.74. The maximum atomic E-state index is 9.62. The van der Waals surface area contributed by atoms with E-state index >= 15 is 0 Å². The number of nitrogens with one attached hydrogen (secondary N) is 2. The molecule has 18 heavy (non-hydrogen) atoms. The third-order valence-electron chi connectivity index (χ3n) is 2.88. The molecule has 0 radical (unpaired) electrons. The van der Waals surface area contributed by atoms with Crippen molar-refractivity contribution in [3.63, 3.8) is 0 Å². The van der Waals surface area contributed by atoms with E-state index in [1.54, 1.807) is 12.4 Å². The Kier molecular flexibility index (Phi) is 2.30. The summed E-state index contributed by atoms with van der Waals surface area (Å²) in [6, 6.07) is 9.52. The molecular weight excluding hydrogens is 228 g/mol. The second-order valence-electron chi connectivity index (χ2n) is 3.93. The van der Waals surface area contributed by atoms with Crippen LogP contribution in [0.3, 0.4) is 0 Å². The first-order chi connectivity index (χ1) is 8.79. The molecule has 0 atom stereocenters. The third kappa shape index (κ3) is 1.53. The summed E-state index contributed by atoms with van der Waals surface area (Å²) in [5.74, 6) is -0.0770. The number of aromatic nitrogens is 2. The standard InChI is InChI=1S/C13H10N4O/c14-17-12-10-7-9(8-3-5-15-6-4-8)1-2-11(10)16-13(12)18/h1-7,14,16,18H. The Morgan fingerprint density at radius 3 is 2.61 bits per heavy atom. The lowest BCUT2D eigenvalue weighted by atomic mass is 10.1. The van der Waals surface area contributed by atoms with Gasteiger partial charge in [-0.05, 0) is 35.4 Å². The van der Waals surface area contributed by atoms with E-state index in [4.69, 9.17) is 5.53 Å². The fourth-order valence-electron chi connectivity index (χ4n) is 2.00. The van der Waals surface area contributed by atoms with E-state index in [2.05, 4.69) is 15.1 Å². The van der Waals surface area contributed by atoms with Crippen LogP contribution >= 0.6 is 0 Å². The molecule has 0 aliphatic carbocycles. The predicted octanol–water partition coefficient (Wildman–Crippen LogP) is 3.60. The summed E-state index contributed by atoms with van der Waals surface area (Å²) in [5.41, 5.74) is 10.1. The molecule has 0 saturated carbocycles. The molecule has 0 unspecified atom stereocenters. The Balaban J connectivity index is 2.25. The van der Waals surface area contributed by atoms with Crippen LogP contribution in [0.5, 0.6) is 5.88 Å². The van der Waals surface area contributed by atoms with Crippen molar-refractivity contribution >= 4 is 16.6 Å². The van der Waals surface area contributed by atoms with Gasteiger partial charge in [0.1, 0.15) is 0 Å². The number of fused-ring (bicyclic) bond motifs is 1. The van der Waals surface area contributed by atoms with Gasteiger partial charge < -0.3 is 10.1 Å². The van der Waals surface area contributed by atoms with Crippen LogP contribution in [0.4, 0.5) is 5.69 Å². The SMILES string of the molecule is N=Nc1c(O)[nH]c2ccc(-c3ccncc3)cc12. The maximum Gasteiger partial charge on any atom is 0.218 e. The lowest BCUT2D eigenvalue weighted by molar-refractivity contribution is 0.459. The van der Waals surface area contributed by atoms with Gasteiger partial charge in [0.05, 0.1) is 5.52 Å². The van der Waals surface area contributed by atoms with Crippen molar-refractivity contribution in [3.8, 4) is 17.0 Å². The summed E-state index contributed by atoms with van der Waals surface area (Å²) < 4.78 is 0. The first kappa shape index (κ1) is 10.5. The van der Waals surface area contributed by atoms with Crippen molar-refractivity contribution in [2.75, 3.05) is 0 Å². The van der Waals surface area contributed by atoms with Crippen molar-refractivity contribution in [1.29, 1.82) is 5.53 Å². The lowest BCUT2D eigenvalue weighted by Gasteiger charge is -2.01. The zero-order valence-corrected chi connectivity index (χ0v) is 9.38. The molecule has 88 valence electrons. The molecule has 3 rings (SSSR count). The van der Waals surface area contributed by atoms with Crippen LogP contribution in [-0.2, 0) is 0 Å². The summed E-state index contributed by atoms with van der Waals surface area (Å²) >= 11 is 0. The lowest BCUT2D eigenvalue weighted by Crippen LogP contribution is -1.78. The van der Waals surface area contributed by atoms with Gasteiger partial charge in [0.25, 0.3) is 0 Å². The Bertz CT molecular complexity index is 718. The number of rotatable bonds is 2. The van der Waals surface area contributed by atoms with E-state index in [0.29, 0.717) is 0 Å². The highest BCUT2D eigenvalue weighted by Crippen LogP contribution is 2.37. The first-order valence-electron chi connectivity index (χ1n) is 5.42. The van der Waals surface area contributed by atoms with E-state index in [1.807, 2.05) is 30.3 Å². The molecular formula is C13H10N4O. The number of hydrogen-bond donors (Lipinski definition) is 3. The summed E-state index contributed by atoms with van der Waals surface area (Å²) in [6.07, 6.45) is 3.45. The monoisotopic (exact) mass is 238 g/mol. The zero-order chi connectivity index (χ0) is 12.5. The van der Waals surface area contributed by atoms with E-state index in [-0.39, 0.29) is 11.6 Å². The molecule has 0 amide bonds. The van der Waals surface area contributed by atoms with Crippen molar-refractivity contribution in [2.45, 2.75) is 0 Å². The van der Waals surface area contributed by atoms with Gasteiger partial charge in [-0.15, -0.1) is 0 Å². The van der Waals surface area contributed by atoms with Crippen LogP contribution in [0.25, 0.3) is 22.0 Å². The molecule has 5 heteroatoms. The molecule has 0 fully saturated rings. The molecule has 2 heterocycles. The molecule has 0 saturated heterocycles. The minimum Gasteiger partial charge on any atom is -0.493 e. The third-order valence-corrected chi connectivity index (χ3v) is 2.88. The molecule has 0 aliphatic rings. The quantitative estimate of drug-likeness (QED) is 0.596. The summed E-state index contributed by atoms with van der Waals surface area (Å²) in [4.78, 5) is 6.76. The maximum absolute atomic E-state index is 9.62. The number of benzene rings is 1. The average molecular weight is 238 g/mol. The molecule has 2 aromatic heterocycles. The fourth-order valence-corrected chi connectivity index (χ4v) is 2.00. The summed E-state index contributed by atoms with van der Waals surface area (Å²) in [6.45, 7) is 0. The van der Waals surface area contributed by atoms with Crippen molar-refractivity contribution in [3.05, 3.63) is 42.7 Å². The Hall–Kier alpha value is -2.69. The van der Waals surface area contributed by atoms with Crippen LogP contribution in [0, 0.1) is 5.53 Å². The minimum absolute atomic E-state index is 0.0770. The Labute approximate surface area is 103 Å². The Morgan fingerprint density at radius 2 is 1.89 bits per heavy atom. The number of H-pyrrole nitrogens is 1. The number of aromatic amines is 1. The number of hydrogen-bond acceptors (Lipinski definition) is 4. The molecule has 0 spiro atoms. The van der Waals surface area contributed by atoms with Gasteiger partial charge in [0.2, 0.25) is 5.88 Å². The van der Waals surface area contributed by atoms with Crippen molar-refractivity contribution < 1.29 is 5.11 Å². The van der Waals surface area contributed by atoms with Gasteiger partial charge in [-0.2, -0.15) is 5.11 Å². The van der Waals surface area contributed by atoms with Gasteiger partial charge in [-0.1, -0.05) is 6.07 Å². The molecule has 0 aliphatic heterocycles. The number of nitrogens with zero attached hydrogens (tertiary/aromatic N) is 2. The zero-order valence-electron chi connectivity index (χ0n) is 9.38. The molecule has 3 aromatic rings. The minimum atomic E-state index is -0.0770. The van der Waals surface area contributed by atoms with E-state index in [9.17, 15) is 5.11 Å². The molecule has 0 bridgehead atoms. The smallest absolute Gasteiger partial charge is 0.218 e. The van der Waals surface area contributed by atoms with E-state index < -0.39 is 0 Å². The number of aromatic hydroxyl groups is 1. The van der Waals surface area contributed by atoms with Gasteiger partial charge >= 0.3 is 0 Å². The topological polar surface area (TPSA) is 85.1 Å². The highest BCUT2D eigenvalue weighted by molar-refractivity contribution is 5.96. The van der Waals surface area contributed by atoms with Gasteiger partial charge in [-0.3, -0.25) is 4.98 Å². The second-order valence-corrected chi connectivity index (χ2v) is 3.93. The fraction of sp³-hybridized carbons (Fsp3) is 0. The van der Waals surface area contributed by atoms with Crippen LogP contribution < -0.4 is 0 Å². The van der Waals surface area contributed by atoms with E-state index in [1.165, 1.54) is 0 Å². The summed E-state index contributed by atoms with van der Waals surface area (Å²) in [7, 11) is 0. The van der Waals surface area contributed by atoms with Crippen LogP contribution in [0.1, 0.15) is 0 Å². The first-order valence-corrected chi connectivity index (χ1v) is 5.42. The molecule has 5 nitrogen and oxygen atoms in total. The highest BCUT2D eigenvalue weighted by Gasteiger charge is 2.10. The largest absolute Gasteiger partial charge is 0.493 e. The van der Waals surface area contributed by atoms with Crippen LogP contribution in [-0.4, -0.2) is 15.1 Å². The van der Waals surface area contributed by atoms with Crippen molar-refractivity contribution in [1.82, 2.24) is 9.97 Å². The normalized spacial score (nSPS) is 10.7. The summed E-state index contributed by atoms with van der Waals surface area (Å²) in [5, 5.41) is 13.7. The van der Waals surface area contributed by atoms with Crippen LogP contribution in [0.15, 0.2) is 47.8 Å². The molecule has 3 N–H and O–H groups in total. The van der Waals surface area contributed by atoms with Crippen LogP contribution in [0.2, 0.25) is 0 Å². The second kappa shape index (κ2) is 3.96. The molecule has 1 aromatic carbocycles.